The second kappa shape index (κ2) is 7.78. The van der Waals surface area contributed by atoms with E-state index >= 15 is 0 Å². The van der Waals surface area contributed by atoms with Gasteiger partial charge in [-0.1, -0.05) is 18.6 Å². The Hall–Kier alpha value is -1.10. The quantitative estimate of drug-likeness (QED) is 0.576. The van der Waals surface area contributed by atoms with E-state index in [1.165, 1.54) is 0 Å². The number of allylic oxidation sites excluding steroid dienone is 1. The molecule has 0 aromatic heterocycles. The molecular weight excluding hydrogens is 332 g/mol. The van der Waals surface area contributed by atoms with E-state index in [0.717, 1.165) is 5.57 Å². The van der Waals surface area contributed by atoms with E-state index in [-0.39, 0.29) is 23.8 Å². The van der Waals surface area contributed by atoms with Gasteiger partial charge < -0.3 is 9.80 Å². The molecule has 1 saturated heterocycles. The van der Waals surface area contributed by atoms with Crippen molar-refractivity contribution in [2.24, 2.45) is 5.92 Å². The van der Waals surface area contributed by atoms with Crippen molar-refractivity contribution in [1.82, 2.24) is 9.80 Å². The molecule has 1 heterocycles. The average Bonchev–Trinajstić information content (AvgIpc) is 2.56. The van der Waals surface area contributed by atoms with Gasteiger partial charge in [-0.3, -0.25) is 9.59 Å². The highest BCUT2D eigenvalue weighted by Gasteiger charge is 2.30. The minimum Gasteiger partial charge on any atom is -0.338 e. The maximum Gasteiger partial charge on any atom is 0.260 e. The van der Waals surface area contributed by atoms with Crippen molar-refractivity contribution < 1.29 is 9.59 Å². The van der Waals surface area contributed by atoms with Gasteiger partial charge in [-0.2, -0.15) is 0 Å². The fraction of sp³-hybridized carbons (Fsp3) is 0.625. The Bertz CT molecular complexity index is 455. The molecule has 0 radical (unpaired) electrons. The normalized spacial score (nSPS) is 22.5. The van der Waals surface area contributed by atoms with Crippen molar-refractivity contribution >= 4 is 27.7 Å². The first-order valence-electron chi connectivity index (χ1n) is 7.30. The summed E-state index contributed by atoms with van der Waals surface area (Å²) in [5.41, 5.74) is 0.962. The Balaban J connectivity index is 2.91. The van der Waals surface area contributed by atoms with Gasteiger partial charge in [0.25, 0.3) is 5.91 Å². The van der Waals surface area contributed by atoms with Gasteiger partial charge in [0.15, 0.2) is 0 Å². The van der Waals surface area contributed by atoms with Crippen LogP contribution in [0, 0.1) is 5.92 Å². The third kappa shape index (κ3) is 4.70. The lowest BCUT2D eigenvalue weighted by Crippen LogP contribution is -2.44. The molecule has 5 heteroatoms. The molecule has 1 aliphatic heterocycles. The predicted molar refractivity (Wildman–Crippen MR) is 89.0 cm³/mol. The molecule has 0 bridgehead atoms. The molecule has 21 heavy (non-hydrogen) atoms. The van der Waals surface area contributed by atoms with E-state index in [4.69, 9.17) is 0 Å². The molecule has 1 fully saturated rings. The average molecular weight is 357 g/mol. The molecule has 0 aliphatic carbocycles. The van der Waals surface area contributed by atoms with Crippen LogP contribution in [0.1, 0.15) is 34.1 Å². The zero-order valence-corrected chi connectivity index (χ0v) is 14.9. The number of amides is 2. The van der Waals surface area contributed by atoms with Crippen molar-refractivity contribution in [3.8, 4) is 0 Å². The van der Waals surface area contributed by atoms with Crippen LogP contribution in [0.15, 0.2) is 22.7 Å². The summed E-state index contributed by atoms with van der Waals surface area (Å²) in [6, 6.07) is 0.0174. The van der Waals surface area contributed by atoms with Crippen molar-refractivity contribution in [3.05, 3.63) is 22.7 Å². The molecule has 0 aromatic carbocycles. The van der Waals surface area contributed by atoms with Gasteiger partial charge in [0.2, 0.25) is 5.91 Å². The molecule has 0 aromatic rings. The number of nitrogens with zero attached hydrogens (tertiary/aromatic N) is 2. The lowest BCUT2D eigenvalue weighted by molar-refractivity contribution is -0.133. The highest BCUT2D eigenvalue weighted by molar-refractivity contribution is 9.12. The van der Waals surface area contributed by atoms with Crippen molar-refractivity contribution in [2.75, 3.05) is 19.6 Å². The lowest BCUT2D eigenvalue weighted by atomic mass is 10.1. The number of carbonyl (C=O) groups is 2. The molecule has 0 saturated carbocycles. The summed E-state index contributed by atoms with van der Waals surface area (Å²) in [6.45, 7) is 13.4. The predicted octanol–water partition coefficient (Wildman–Crippen LogP) is 2.95. The molecule has 1 aliphatic rings. The number of halogens is 1. The Kier molecular flexibility index (Phi) is 6.65. The van der Waals surface area contributed by atoms with Crippen LogP contribution in [0.25, 0.3) is 0 Å². The van der Waals surface area contributed by atoms with Crippen LogP contribution in [0.3, 0.4) is 0 Å². The van der Waals surface area contributed by atoms with Gasteiger partial charge >= 0.3 is 0 Å². The van der Waals surface area contributed by atoms with Gasteiger partial charge in [-0.25, -0.2) is 0 Å². The summed E-state index contributed by atoms with van der Waals surface area (Å²) in [4.78, 5) is 28.4. The van der Waals surface area contributed by atoms with Crippen LogP contribution in [0.4, 0.5) is 0 Å². The third-order valence-electron chi connectivity index (χ3n) is 3.61. The van der Waals surface area contributed by atoms with E-state index in [1.807, 2.05) is 30.6 Å². The van der Waals surface area contributed by atoms with E-state index in [0.29, 0.717) is 30.5 Å². The molecule has 1 rings (SSSR count). The van der Waals surface area contributed by atoms with Crippen molar-refractivity contribution in [1.29, 1.82) is 0 Å². The third-order valence-corrected chi connectivity index (χ3v) is 4.74. The van der Waals surface area contributed by atoms with Gasteiger partial charge in [0.1, 0.15) is 0 Å². The van der Waals surface area contributed by atoms with E-state index < -0.39 is 0 Å². The van der Waals surface area contributed by atoms with Crippen LogP contribution in [0.5, 0.6) is 0 Å². The summed E-state index contributed by atoms with van der Waals surface area (Å²) in [6.07, 6.45) is 1.98. The van der Waals surface area contributed by atoms with Crippen molar-refractivity contribution in [2.45, 2.75) is 40.2 Å². The first-order valence-corrected chi connectivity index (χ1v) is 8.09. The minimum atomic E-state index is 0.00622. The summed E-state index contributed by atoms with van der Waals surface area (Å²) < 4.78 is 0.618. The second-order valence-electron chi connectivity index (χ2n) is 6.02. The van der Waals surface area contributed by atoms with Gasteiger partial charge in [-0.05, 0) is 42.6 Å². The highest BCUT2D eigenvalue weighted by atomic mass is 79.9. The number of carbonyl (C=O) groups excluding carboxylic acids is 2. The lowest BCUT2D eigenvalue weighted by Gasteiger charge is -2.29. The maximum atomic E-state index is 12.5. The first-order chi connectivity index (χ1) is 9.77. The number of hydrogen-bond acceptors (Lipinski definition) is 2. The van der Waals surface area contributed by atoms with E-state index in [9.17, 15) is 9.59 Å². The molecule has 2 amide bonds. The monoisotopic (exact) mass is 356 g/mol. The Morgan fingerprint density at radius 3 is 2.38 bits per heavy atom. The highest BCUT2D eigenvalue weighted by Crippen LogP contribution is 2.20. The number of rotatable bonds is 3. The van der Waals surface area contributed by atoms with E-state index in [1.54, 1.807) is 6.08 Å². The number of hydrogen-bond donors (Lipinski definition) is 0. The SMILES string of the molecule is C=CCC(=O)N1CC(C)CN(C(=O)C(Br)=C(C)C)CC1C. The Morgan fingerprint density at radius 2 is 1.86 bits per heavy atom. The van der Waals surface area contributed by atoms with Crippen LogP contribution < -0.4 is 0 Å². The smallest absolute Gasteiger partial charge is 0.260 e. The van der Waals surface area contributed by atoms with Crippen LogP contribution >= 0.6 is 15.9 Å². The molecular formula is C16H25BrN2O2. The summed E-state index contributed by atoms with van der Waals surface area (Å²) >= 11 is 3.37. The molecule has 2 atom stereocenters. The zero-order valence-electron chi connectivity index (χ0n) is 13.4. The van der Waals surface area contributed by atoms with Gasteiger partial charge in [0, 0.05) is 32.1 Å². The van der Waals surface area contributed by atoms with Crippen LogP contribution in [0.2, 0.25) is 0 Å². The maximum absolute atomic E-state index is 12.5. The molecule has 0 N–H and O–H groups in total. The Labute approximate surface area is 136 Å². The van der Waals surface area contributed by atoms with Crippen molar-refractivity contribution in [3.63, 3.8) is 0 Å². The standard InChI is InChI=1S/C16H25BrN2O2/c1-6-7-14(20)19-9-12(4)8-18(10-13(19)5)16(21)15(17)11(2)3/h6,12-13H,1,7-10H2,2-5H3. The zero-order chi connectivity index (χ0) is 16.2. The fourth-order valence-electron chi connectivity index (χ4n) is 2.55. The summed E-state index contributed by atoms with van der Waals surface area (Å²) in [5, 5.41) is 0. The second-order valence-corrected chi connectivity index (χ2v) is 6.81. The molecule has 2 unspecified atom stereocenters. The van der Waals surface area contributed by atoms with Gasteiger partial charge in [0.05, 0.1) is 4.48 Å². The first kappa shape index (κ1) is 18.0. The largest absolute Gasteiger partial charge is 0.338 e. The minimum absolute atomic E-state index is 0.00622. The fourth-order valence-corrected chi connectivity index (χ4v) is 2.80. The molecule has 0 spiro atoms. The Morgan fingerprint density at radius 1 is 1.24 bits per heavy atom. The van der Waals surface area contributed by atoms with Gasteiger partial charge in [-0.15, -0.1) is 6.58 Å². The topological polar surface area (TPSA) is 40.6 Å². The van der Waals surface area contributed by atoms with E-state index in [2.05, 4.69) is 29.4 Å². The summed E-state index contributed by atoms with van der Waals surface area (Å²) in [7, 11) is 0. The van der Waals surface area contributed by atoms with Crippen LogP contribution in [-0.2, 0) is 9.59 Å². The molecule has 118 valence electrons. The van der Waals surface area contributed by atoms with Crippen LogP contribution in [-0.4, -0.2) is 47.3 Å². The summed E-state index contributed by atoms with van der Waals surface area (Å²) in [5.74, 6) is 0.344. The molecule has 4 nitrogen and oxygen atoms in total.